The van der Waals surface area contributed by atoms with Crippen molar-refractivity contribution in [1.29, 1.82) is 0 Å². The van der Waals surface area contributed by atoms with E-state index in [4.69, 9.17) is 0 Å². The van der Waals surface area contributed by atoms with Crippen molar-refractivity contribution in [2.24, 2.45) is 18.4 Å². The maximum Gasteiger partial charge on any atom is 0.0695 e. The Kier molecular flexibility index (Phi) is 4.55. The Balaban J connectivity index is 2.01. The summed E-state index contributed by atoms with van der Waals surface area (Å²) >= 11 is 0. The normalized spacial score (nSPS) is 28.1. The Bertz CT molecular complexity index is 435. The van der Waals surface area contributed by atoms with Crippen LogP contribution in [0, 0.1) is 11.3 Å². The number of likely N-dealkylation sites (N-methyl/N-ethyl adjacent to an activating group) is 1. The van der Waals surface area contributed by atoms with Crippen molar-refractivity contribution < 1.29 is 5.11 Å². The van der Waals surface area contributed by atoms with Crippen LogP contribution in [0.15, 0.2) is 12.4 Å². The molecule has 1 heterocycles. The van der Waals surface area contributed by atoms with Crippen LogP contribution in [-0.4, -0.2) is 39.0 Å². The molecule has 0 spiro atoms. The number of aromatic nitrogens is 2. The lowest BCUT2D eigenvalue weighted by atomic mass is 9.70. The summed E-state index contributed by atoms with van der Waals surface area (Å²) in [5.41, 5.74) is 1.54. The molecule has 0 aromatic carbocycles. The van der Waals surface area contributed by atoms with Crippen LogP contribution in [0.5, 0.6) is 0 Å². The maximum atomic E-state index is 10.3. The highest BCUT2D eigenvalue weighted by Gasteiger charge is 2.36. The molecular formula is C16H29N3O. The van der Waals surface area contributed by atoms with E-state index < -0.39 is 0 Å². The topological polar surface area (TPSA) is 41.3 Å². The van der Waals surface area contributed by atoms with Gasteiger partial charge in [-0.05, 0) is 37.6 Å². The van der Waals surface area contributed by atoms with Gasteiger partial charge in [-0.25, -0.2) is 0 Å². The van der Waals surface area contributed by atoms with E-state index in [-0.39, 0.29) is 12.1 Å². The second-order valence-electron chi connectivity index (χ2n) is 7.45. The molecule has 1 N–H and O–H groups in total. The molecule has 1 aliphatic carbocycles. The summed E-state index contributed by atoms with van der Waals surface area (Å²) < 4.78 is 1.83. The Morgan fingerprint density at radius 3 is 2.65 bits per heavy atom. The first kappa shape index (κ1) is 15.5. The van der Waals surface area contributed by atoms with Crippen LogP contribution < -0.4 is 0 Å². The minimum atomic E-state index is -0.199. The molecule has 3 atom stereocenters. The van der Waals surface area contributed by atoms with Crippen LogP contribution in [-0.2, 0) is 13.6 Å². The van der Waals surface area contributed by atoms with Crippen molar-refractivity contribution in [3.8, 4) is 0 Å². The van der Waals surface area contributed by atoms with E-state index in [1.54, 1.807) is 0 Å². The van der Waals surface area contributed by atoms with Crippen LogP contribution in [0.1, 0.15) is 45.6 Å². The predicted molar refractivity (Wildman–Crippen MR) is 81.3 cm³/mol. The molecule has 20 heavy (non-hydrogen) atoms. The third-order valence-electron chi connectivity index (χ3n) is 4.76. The van der Waals surface area contributed by atoms with Crippen LogP contribution in [0.4, 0.5) is 0 Å². The maximum absolute atomic E-state index is 10.3. The summed E-state index contributed by atoms with van der Waals surface area (Å²) in [5, 5.41) is 14.6. The van der Waals surface area contributed by atoms with Gasteiger partial charge in [0.05, 0.1) is 12.3 Å². The van der Waals surface area contributed by atoms with Gasteiger partial charge in [-0.1, -0.05) is 20.8 Å². The SMILES string of the molecule is CN(Cc1cnn(C)c1)C1CC(C(C)(C)C)CCC1O. The molecule has 1 aromatic heterocycles. The first-order valence-corrected chi connectivity index (χ1v) is 7.63. The molecule has 1 aliphatic rings. The Hall–Kier alpha value is -0.870. The molecule has 1 saturated carbocycles. The smallest absolute Gasteiger partial charge is 0.0695 e. The fourth-order valence-corrected chi connectivity index (χ4v) is 3.35. The summed E-state index contributed by atoms with van der Waals surface area (Å²) in [4.78, 5) is 2.29. The highest BCUT2D eigenvalue weighted by Crippen LogP contribution is 2.39. The second kappa shape index (κ2) is 5.86. The lowest BCUT2D eigenvalue weighted by molar-refractivity contribution is -0.0103. The standard InChI is InChI=1S/C16H29N3O/c1-16(2,3)13-6-7-15(20)14(8-13)18(4)10-12-9-17-19(5)11-12/h9,11,13-15,20H,6-8,10H2,1-5H3. The fourth-order valence-electron chi connectivity index (χ4n) is 3.35. The molecule has 4 heteroatoms. The van der Waals surface area contributed by atoms with Gasteiger partial charge >= 0.3 is 0 Å². The Morgan fingerprint density at radius 2 is 2.10 bits per heavy atom. The number of aryl methyl sites for hydroxylation is 1. The first-order chi connectivity index (χ1) is 9.27. The molecule has 114 valence electrons. The average Bonchev–Trinajstić information content (AvgIpc) is 2.73. The zero-order valence-corrected chi connectivity index (χ0v) is 13.5. The van der Waals surface area contributed by atoms with E-state index in [1.165, 1.54) is 5.56 Å². The average molecular weight is 279 g/mol. The van der Waals surface area contributed by atoms with E-state index in [2.05, 4.69) is 37.8 Å². The van der Waals surface area contributed by atoms with Crippen molar-refractivity contribution in [2.45, 2.75) is 58.7 Å². The Morgan fingerprint density at radius 1 is 1.40 bits per heavy atom. The molecule has 0 bridgehead atoms. The van der Waals surface area contributed by atoms with Gasteiger partial charge in [0, 0.05) is 31.4 Å². The number of hydrogen-bond acceptors (Lipinski definition) is 3. The Labute approximate surface area is 122 Å². The zero-order valence-electron chi connectivity index (χ0n) is 13.5. The van der Waals surface area contributed by atoms with E-state index >= 15 is 0 Å². The molecule has 0 saturated heterocycles. The third kappa shape index (κ3) is 3.61. The lowest BCUT2D eigenvalue weighted by Gasteiger charge is -2.43. The number of aliphatic hydroxyl groups excluding tert-OH is 1. The van der Waals surface area contributed by atoms with Gasteiger partial charge in [0.1, 0.15) is 0 Å². The summed E-state index contributed by atoms with van der Waals surface area (Å²) in [6, 6.07) is 0.258. The van der Waals surface area contributed by atoms with E-state index in [9.17, 15) is 5.11 Å². The van der Waals surface area contributed by atoms with E-state index in [0.29, 0.717) is 11.3 Å². The van der Waals surface area contributed by atoms with E-state index in [0.717, 1.165) is 25.8 Å². The van der Waals surface area contributed by atoms with Crippen molar-refractivity contribution in [3.05, 3.63) is 18.0 Å². The van der Waals surface area contributed by atoms with Gasteiger partial charge in [0.15, 0.2) is 0 Å². The van der Waals surface area contributed by atoms with E-state index in [1.807, 2.05) is 24.1 Å². The van der Waals surface area contributed by atoms with Crippen molar-refractivity contribution in [2.75, 3.05) is 7.05 Å². The number of aliphatic hydroxyl groups is 1. The summed E-state index contributed by atoms with van der Waals surface area (Å²) in [6.07, 6.45) is 6.91. The molecule has 1 fully saturated rings. The van der Waals surface area contributed by atoms with Gasteiger partial charge in [-0.3, -0.25) is 9.58 Å². The number of rotatable bonds is 3. The van der Waals surface area contributed by atoms with Gasteiger partial charge in [0.2, 0.25) is 0 Å². The van der Waals surface area contributed by atoms with Crippen LogP contribution >= 0.6 is 0 Å². The molecule has 0 radical (unpaired) electrons. The van der Waals surface area contributed by atoms with Crippen molar-refractivity contribution in [1.82, 2.24) is 14.7 Å². The largest absolute Gasteiger partial charge is 0.391 e. The van der Waals surface area contributed by atoms with Gasteiger partial charge in [-0.2, -0.15) is 5.10 Å². The minimum Gasteiger partial charge on any atom is -0.391 e. The van der Waals surface area contributed by atoms with Crippen molar-refractivity contribution >= 4 is 0 Å². The van der Waals surface area contributed by atoms with Gasteiger partial charge in [0.25, 0.3) is 0 Å². The fraction of sp³-hybridized carbons (Fsp3) is 0.812. The van der Waals surface area contributed by atoms with Crippen LogP contribution in [0.2, 0.25) is 0 Å². The number of nitrogens with zero attached hydrogens (tertiary/aromatic N) is 3. The molecule has 2 rings (SSSR count). The third-order valence-corrected chi connectivity index (χ3v) is 4.76. The summed E-state index contributed by atoms with van der Waals surface area (Å²) in [6.45, 7) is 7.79. The zero-order chi connectivity index (χ0) is 14.9. The summed E-state index contributed by atoms with van der Waals surface area (Å²) in [5.74, 6) is 0.687. The molecule has 1 aromatic rings. The molecule has 0 aliphatic heterocycles. The number of hydrogen-bond donors (Lipinski definition) is 1. The molecule has 3 unspecified atom stereocenters. The van der Waals surface area contributed by atoms with Crippen LogP contribution in [0.25, 0.3) is 0 Å². The molecule has 0 amide bonds. The first-order valence-electron chi connectivity index (χ1n) is 7.63. The molecular weight excluding hydrogens is 250 g/mol. The minimum absolute atomic E-state index is 0.199. The molecule has 4 nitrogen and oxygen atoms in total. The van der Waals surface area contributed by atoms with Gasteiger partial charge < -0.3 is 5.11 Å². The quantitative estimate of drug-likeness (QED) is 0.924. The van der Waals surface area contributed by atoms with Gasteiger partial charge in [-0.15, -0.1) is 0 Å². The monoisotopic (exact) mass is 279 g/mol. The highest BCUT2D eigenvalue weighted by molar-refractivity contribution is 5.04. The highest BCUT2D eigenvalue weighted by atomic mass is 16.3. The van der Waals surface area contributed by atoms with Crippen LogP contribution in [0.3, 0.4) is 0 Å². The van der Waals surface area contributed by atoms with Crippen molar-refractivity contribution in [3.63, 3.8) is 0 Å². The summed E-state index contributed by atoms with van der Waals surface area (Å²) in [7, 11) is 4.06. The predicted octanol–water partition coefficient (Wildman–Crippen LogP) is 2.43. The second-order valence-corrected chi connectivity index (χ2v) is 7.45. The lowest BCUT2D eigenvalue weighted by Crippen LogP contribution is -2.47.